The number of hydrogen-bond acceptors (Lipinski definition) is 3. The zero-order chi connectivity index (χ0) is 12.3. The van der Waals surface area contributed by atoms with Gasteiger partial charge in [-0.3, -0.25) is 9.97 Å². The van der Waals surface area contributed by atoms with Gasteiger partial charge in [-0.1, -0.05) is 17.7 Å². The Bertz CT molecular complexity index is 496. The van der Waals surface area contributed by atoms with Crippen LogP contribution in [0.2, 0.25) is 5.02 Å². The van der Waals surface area contributed by atoms with E-state index in [0.29, 0.717) is 11.4 Å². The fourth-order valence-corrected chi connectivity index (χ4v) is 1.82. The molecule has 0 aliphatic heterocycles. The molecule has 88 valence electrons. The highest BCUT2D eigenvalue weighted by Crippen LogP contribution is 2.20. The Balaban J connectivity index is 2.14. The van der Waals surface area contributed by atoms with Gasteiger partial charge in [0, 0.05) is 30.3 Å². The predicted octanol–water partition coefficient (Wildman–Crippen LogP) is 2.68. The van der Waals surface area contributed by atoms with Gasteiger partial charge in [0.25, 0.3) is 0 Å². The molecule has 2 aromatic rings. The molecule has 0 aromatic carbocycles. The lowest BCUT2D eigenvalue weighted by molar-refractivity contribution is 0.716. The van der Waals surface area contributed by atoms with E-state index >= 15 is 0 Å². The highest BCUT2D eigenvalue weighted by molar-refractivity contribution is 6.31. The van der Waals surface area contributed by atoms with Crippen LogP contribution in [0.25, 0.3) is 0 Å². The van der Waals surface area contributed by atoms with Gasteiger partial charge in [0.05, 0.1) is 5.02 Å². The Hall–Kier alpha value is -1.45. The van der Waals surface area contributed by atoms with Crippen LogP contribution in [0.5, 0.6) is 0 Å². The Morgan fingerprint density at radius 2 is 2.12 bits per heavy atom. The van der Waals surface area contributed by atoms with E-state index in [2.05, 4.69) is 9.97 Å². The average Bonchev–Trinajstić information content (AvgIpc) is 2.33. The molecule has 0 bridgehead atoms. The van der Waals surface area contributed by atoms with Crippen molar-refractivity contribution >= 4 is 11.6 Å². The maximum atomic E-state index is 6.13. The Morgan fingerprint density at radius 1 is 1.29 bits per heavy atom. The molecule has 0 amide bonds. The van der Waals surface area contributed by atoms with Crippen molar-refractivity contribution in [2.24, 2.45) is 5.73 Å². The van der Waals surface area contributed by atoms with Gasteiger partial charge in [-0.25, -0.2) is 0 Å². The number of nitrogens with two attached hydrogens (primary N) is 1. The number of halogens is 1. The molecule has 2 N–H and O–H groups in total. The molecular formula is C13H14ClN3. The minimum absolute atomic E-state index is 0.0944. The molecule has 0 spiro atoms. The molecule has 2 heterocycles. The normalized spacial score (nSPS) is 12.4. The van der Waals surface area contributed by atoms with E-state index in [1.54, 1.807) is 12.4 Å². The smallest absolute Gasteiger partial charge is 0.0622 e. The van der Waals surface area contributed by atoms with Crippen molar-refractivity contribution in [1.29, 1.82) is 0 Å². The van der Waals surface area contributed by atoms with Crippen LogP contribution in [-0.2, 0) is 6.42 Å². The van der Waals surface area contributed by atoms with E-state index in [9.17, 15) is 0 Å². The molecule has 0 saturated carbocycles. The van der Waals surface area contributed by atoms with Gasteiger partial charge in [0.15, 0.2) is 0 Å². The van der Waals surface area contributed by atoms with Crippen molar-refractivity contribution in [2.45, 2.75) is 19.4 Å². The summed E-state index contributed by atoms with van der Waals surface area (Å²) in [6, 6.07) is 5.76. The molecule has 3 nitrogen and oxygen atoms in total. The monoisotopic (exact) mass is 247 g/mol. The number of nitrogens with zero attached hydrogens (tertiary/aromatic N) is 2. The topological polar surface area (TPSA) is 51.8 Å². The second-order valence-corrected chi connectivity index (χ2v) is 4.42. The molecule has 1 unspecified atom stereocenters. The summed E-state index contributed by atoms with van der Waals surface area (Å²) in [4.78, 5) is 8.19. The summed E-state index contributed by atoms with van der Waals surface area (Å²) >= 11 is 6.05. The molecule has 17 heavy (non-hydrogen) atoms. The first-order chi connectivity index (χ1) is 8.16. The molecular weight excluding hydrogens is 234 g/mol. The molecule has 0 radical (unpaired) electrons. The van der Waals surface area contributed by atoms with E-state index in [-0.39, 0.29) is 6.04 Å². The van der Waals surface area contributed by atoms with Crippen molar-refractivity contribution < 1.29 is 0 Å². The molecule has 0 saturated heterocycles. The van der Waals surface area contributed by atoms with Gasteiger partial charge >= 0.3 is 0 Å². The zero-order valence-corrected chi connectivity index (χ0v) is 10.4. The highest BCUT2D eigenvalue weighted by atomic mass is 35.5. The zero-order valence-electron chi connectivity index (χ0n) is 9.60. The molecule has 4 heteroatoms. The second-order valence-electron chi connectivity index (χ2n) is 4.01. The first-order valence-corrected chi connectivity index (χ1v) is 5.81. The average molecular weight is 248 g/mol. The summed E-state index contributed by atoms with van der Waals surface area (Å²) in [5.41, 5.74) is 9.14. The standard InChI is InChI=1S/C13H14ClN3/c1-9-2-3-11(7-17-9)13(15)6-10-4-5-16-8-12(10)14/h2-5,7-8,13H,6,15H2,1H3. The summed E-state index contributed by atoms with van der Waals surface area (Å²) in [5.74, 6) is 0. The van der Waals surface area contributed by atoms with Crippen LogP contribution in [-0.4, -0.2) is 9.97 Å². The van der Waals surface area contributed by atoms with Crippen molar-refractivity contribution in [3.05, 3.63) is 58.6 Å². The molecule has 1 atom stereocenters. The van der Waals surface area contributed by atoms with E-state index in [0.717, 1.165) is 16.8 Å². The van der Waals surface area contributed by atoms with Crippen LogP contribution in [0, 0.1) is 6.92 Å². The van der Waals surface area contributed by atoms with Crippen LogP contribution in [0.3, 0.4) is 0 Å². The quantitative estimate of drug-likeness (QED) is 0.907. The van der Waals surface area contributed by atoms with Crippen molar-refractivity contribution in [3.63, 3.8) is 0 Å². The molecule has 0 fully saturated rings. The van der Waals surface area contributed by atoms with E-state index < -0.39 is 0 Å². The Labute approximate surface area is 106 Å². The summed E-state index contributed by atoms with van der Waals surface area (Å²) < 4.78 is 0. The minimum atomic E-state index is -0.0944. The maximum absolute atomic E-state index is 6.13. The van der Waals surface area contributed by atoms with Gasteiger partial charge in [-0.2, -0.15) is 0 Å². The van der Waals surface area contributed by atoms with E-state index in [4.69, 9.17) is 17.3 Å². The number of rotatable bonds is 3. The van der Waals surface area contributed by atoms with Crippen molar-refractivity contribution in [2.75, 3.05) is 0 Å². The largest absolute Gasteiger partial charge is 0.324 e. The Kier molecular flexibility index (Phi) is 3.71. The summed E-state index contributed by atoms with van der Waals surface area (Å²) in [6.07, 6.45) is 5.86. The molecule has 0 aliphatic rings. The van der Waals surface area contributed by atoms with Crippen molar-refractivity contribution in [3.8, 4) is 0 Å². The van der Waals surface area contributed by atoms with Gasteiger partial charge in [-0.05, 0) is 36.6 Å². The second kappa shape index (κ2) is 5.25. The summed E-state index contributed by atoms with van der Waals surface area (Å²) in [6.45, 7) is 1.95. The third-order valence-electron chi connectivity index (χ3n) is 2.66. The van der Waals surface area contributed by atoms with Gasteiger partial charge in [0.2, 0.25) is 0 Å². The lowest BCUT2D eigenvalue weighted by Crippen LogP contribution is -2.14. The molecule has 2 aromatic heterocycles. The lowest BCUT2D eigenvalue weighted by atomic mass is 10.0. The highest BCUT2D eigenvalue weighted by Gasteiger charge is 2.09. The summed E-state index contributed by atoms with van der Waals surface area (Å²) in [7, 11) is 0. The van der Waals surface area contributed by atoms with Crippen LogP contribution >= 0.6 is 11.6 Å². The fraction of sp³-hybridized carbons (Fsp3) is 0.231. The van der Waals surface area contributed by atoms with E-state index in [1.165, 1.54) is 0 Å². The van der Waals surface area contributed by atoms with Crippen LogP contribution in [0.4, 0.5) is 0 Å². The van der Waals surface area contributed by atoms with Gasteiger partial charge in [-0.15, -0.1) is 0 Å². The SMILES string of the molecule is Cc1ccc(C(N)Cc2ccncc2Cl)cn1. The van der Waals surface area contributed by atoms with Gasteiger partial charge < -0.3 is 5.73 Å². The molecule has 0 aliphatic carbocycles. The lowest BCUT2D eigenvalue weighted by Gasteiger charge is -2.12. The predicted molar refractivity (Wildman–Crippen MR) is 68.9 cm³/mol. The van der Waals surface area contributed by atoms with Crippen LogP contribution < -0.4 is 5.73 Å². The number of pyridine rings is 2. The van der Waals surface area contributed by atoms with E-state index in [1.807, 2.05) is 31.3 Å². The first kappa shape index (κ1) is 12.0. The van der Waals surface area contributed by atoms with Crippen LogP contribution in [0.15, 0.2) is 36.8 Å². The maximum Gasteiger partial charge on any atom is 0.0622 e. The fourth-order valence-electron chi connectivity index (χ4n) is 1.62. The minimum Gasteiger partial charge on any atom is -0.324 e. The van der Waals surface area contributed by atoms with Crippen molar-refractivity contribution in [1.82, 2.24) is 9.97 Å². The number of hydrogen-bond donors (Lipinski definition) is 1. The number of aryl methyl sites for hydroxylation is 1. The Morgan fingerprint density at radius 3 is 2.76 bits per heavy atom. The molecule has 2 rings (SSSR count). The summed E-state index contributed by atoms with van der Waals surface area (Å²) in [5, 5.41) is 0.656. The van der Waals surface area contributed by atoms with Crippen LogP contribution in [0.1, 0.15) is 22.9 Å². The van der Waals surface area contributed by atoms with Gasteiger partial charge in [0.1, 0.15) is 0 Å². The third-order valence-corrected chi connectivity index (χ3v) is 3.00. The third kappa shape index (κ3) is 3.02. The number of aromatic nitrogens is 2. The first-order valence-electron chi connectivity index (χ1n) is 5.43.